The summed E-state index contributed by atoms with van der Waals surface area (Å²) >= 11 is 0. The molecule has 0 amide bonds. The first-order valence-corrected chi connectivity index (χ1v) is 1.91. The molecule has 0 unspecified atom stereocenters. The number of unbranched alkanes of at least 4 members (excludes halogenated alkanes) is 1. The zero-order valence-electron chi connectivity index (χ0n) is 4.79. The summed E-state index contributed by atoms with van der Waals surface area (Å²) in [5.74, 6) is 0. The quantitative estimate of drug-likeness (QED) is 0.328. The largest absolute Gasteiger partial charge is 1.00 e. The van der Waals surface area contributed by atoms with Crippen LogP contribution in [0.4, 0.5) is 0 Å². The van der Waals surface area contributed by atoms with Crippen LogP contribution in [0.25, 0.3) is 0 Å². The van der Waals surface area contributed by atoms with Crippen molar-refractivity contribution in [1.29, 1.82) is 0 Å². The van der Waals surface area contributed by atoms with E-state index in [0.29, 0.717) is 0 Å². The van der Waals surface area contributed by atoms with Crippen molar-refractivity contribution in [3.8, 4) is 0 Å². The number of hydrogen-bond acceptors (Lipinski definition) is 0. The third-order valence-corrected chi connectivity index (χ3v) is 0.500. The first kappa shape index (κ1) is 15.7. The summed E-state index contributed by atoms with van der Waals surface area (Å²) < 4.78 is 0. The van der Waals surface area contributed by atoms with Gasteiger partial charge in [-0.15, -0.1) is 0 Å². The molecule has 0 aromatic heterocycles. The van der Waals surface area contributed by atoms with Crippen molar-refractivity contribution in [3.05, 3.63) is 0 Å². The monoisotopic (exact) mass is 144 g/mol. The van der Waals surface area contributed by atoms with Crippen molar-refractivity contribution in [3.63, 3.8) is 0 Å². The Labute approximate surface area is 62.6 Å². The van der Waals surface area contributed by atoms with Crippen LogP contribution in [0.5, 0.6) is 0 Å². The first-order valence-electron chi connectivity index (χ1n) is 1.91. The molecule has 0 aromatic rings. The molecular formula is C4H10BrLi. The summed E-state index contributed by atoms with van der Waals surface area (Å²) in [6.45, 7) is 4.36. The Morgan fingerprint density at radius 3 is 1.17 bits per heavy atom. The average molecular weight is 145 g/mol. The van der Waals surface area contributed by atoms with E-state index in [4.69, 9.17) is 0 Å². The van der Waals surface area contributed by atoms with Gasteiger partial charge in [0.25, 0.3) is 0 Å². The second-order valence-corrected chi connectivity index (χ2v) is 1.000. The second kappa shape index (κ2) is 16.5. The predicted molar refractivity (Wildman–Crippen MR) is 20.6 cm³/mol. The summed E-state index contributed by atoms with van der Waals surface area (Å²) in [5.41, 5.74) is 0. The fourth-order valence-electron chi connectivity index (χ4n) is 0. The van der Waals surface area contributed by atoms with Crippen molar-refractivity contribution in [2.75, 3.05) is 0 Å². The average Bonchev–Trinajstić information content (AvgIpc) is 1.37. The smallest absolute Gasteiger partial charge is 1.00 e. The minimum absolute atomic E-state index is 0. The minimum atomic E-state index is 0. The van der Waals surface area contributed by atoms with Gasteiger partial charge in [-0.25, -0.2) is 0 Å². The number of rotatable bonds is 1. The third-order valence-electron chi connectivity index (χ3n) is 0.500. The van der Waals surface area contributed by atoms with Gasteiger partial charge in [-0.1, -0.05) is 26.7 Å². The van der Waals surface area contributed by atoms with Crippen LogP contribution in [0.15, 0.2) is 0 Å². The molecule has 6 heavy (non-hydrogen) atoms. The molecule has 2 heteroatoms. The van der Waals surface area contributed by atoms with Crippen LogP contribution in [0.2, 0.25) is 0 Å². The maximum Gasteiger partial charge on any atom is 1.00 e. The fourth-order valence-corrected chi connectivity index (χ4v) is 0. The second-order valence-electron chi connectivity index (χ2n) is 1.000. The molecule has 0 radical (unpaired) electrons. The van der Waals surface area contributed by atoms with Gasteiger partial charge in [-0.2, -0.15) is 0 Å². The Balaban J connectivity index is -0.0000000450. The Kier molecular flexibility index (Phi) is 43.4. The van der Waals surface area contributed by atoms with Crippen molar-refractivity contribution >= 4 is 0 Å². The SMILES string of the molecule is CCCC.[Br-].[Li+]. The first-order chi connectivity index (χ1) is 1.91. The van der Waals surface area contributed by atoms with Gasteiger partial charge in [0, 0.05) is 0 Å². The Morgan fingerprint density at radius 1 is 1.00 bits per heavy atom. The number of hydrogen-bond donors (Lipinski definition) is 0. The van der Waals surface area contributed by atoms with Crippen LogP contribution in [0.1, 0.15) is 26.7 Å². The number of halogens is 1. The van der Waals surface area contributed by atoms with Gasteiger partial charge in [0.05, 0.1) is 0 Å². The van der Waals surface area contributed by atoms with E-state index in [1.54, 1.807) is 0 Å². The fraction of sp³-hybridized carbons (Fsp3) is 1.00. The zero-order valence-corrected chi connectivity index (χ0v) is 6.38. The van der Waals surface area contributed by atoms with Crippen LogP contribution in [0.3, 0.4) is 0 Å². The van der Waals surface area contributed by atoms with Crippen molar-refractivity contribution < 1.29 is 35.8 Å². The van der Waals surface area contributed by atoms with Crippen molar-refractivity contribution in [2.45, 2.75) is 26.7 Å². The molecule has 0 spiro atoms. The van der Waals surface area contributed by atoms with Gasteiger partial charge >= 0.3 is 18.9 Å². The molecule has 0 atom stereocenters. The topological polar surface area (TPSA) is 0 Å². The maximum atomic E-state index is 2.18. The molecule has 0 aromatic carbocycles. The van der Waals surface area contributed by atoms with Gasteiger partial charge in [-0.3, -0.25) is 0 Å². The van der Waals surface area contributed by atoms with E-state index < -0.39 is 0 Å². The summed E-state index contributed by atoms with van der Waals surface area (Å²) in [4.78, 5) is 0. The van der Waals surface area contributed by atoms with E-state index in [1.165, 1.54) is 12.8 Å². The van der Waals surface area contributed by atoms with Gasteiger partial charge in [-0.05, 0) is 0 Å². The van der Waals surface area contributed by atoms with Crippen LogP contribution in [-0.2, 0) is 0 Å². The zero-order chi connectivity index (χ0) is 3.41. The van der Waals surface area contributed by atoms with E-state index in [9.17, 15) is 0 Å². The Morgan fingerprint density at radius 2 is 1.17 bits per heavy atom. The van der Waals surface area contributed by atoms with E-state index in [0.717, 1.165) is 0 Å². The summed E-state index contributed by atoms with van der Waals surface area (Å²) in [6.07, 6.45) is 2.64. The van der Waals surface area contributed by atoms with Gasteiger partial charge in [0.15, 0.2) is 0 Å². The van der Waals surface area contributed by atoms with Crippen LogP contribution < -0.4 is 35.8 Å². The Bertz CT molecular complexity index is 9.51. The Hall–Kier alpha value is 1.08. The summed E-state index contributed by atoms with van der Waals surface area (Å²) in [7, 11) is 0. The molecule has 0 N–H and O–H groups in total. The standard InChI is InChI=1S/C4H10.BrH.Li/c1-3-4-2;;/h3-4H2,1-2H3;1H;/q;;+1/p-1. The van der Waals surface area contributed by atoms with Crippen LogP contribution in [0, 0.1) is 0 Å². The summed E-state index contributed by atoms with van der Waals surface area (Å²) in [6, 6.07) is 0. The van der Waals surface area contributed by atoms with Crippen molar-refractivity contribution in [2.24, 2.45) is 0 Å². The molecule has 0 saturated heterocycles. The maximum absolute atomic E-state index is 2.18. The normalized spacial score (nSPS) is 5.00. The molecule has 34 valence electrons. The molecule has 0 nitrogen and oxygen atoms in total. The molecular weight excluding hydrogens is 135 g/mol. The molecule has 0 fully saturated rings. The van der Waals surface area contributed by atoms with E-state index in [-0.39, 0.29) is 35.8 Å². The van der Waals surface area contributed by atoms with Gasteiger partial charge < -0.3 is 17.0 Å². The molecule has 0 aliphatic heterocycles. The van der Waals surface area contributed by atoms with Gasteiger partial charge in [0.2, 0.25) is 0 Å². The van der Waals surface area contributed by atoms with Gasteiger partial charge in [0.1, 0.15) is 0 Å². The molecule has 0 aliphatic carbocycles. The molecule has 0 saturated carbocycles. The minimum Gasteiger partial charge on any atom is -1.00 e. The van der Waals surface area contributed by atoms with Crippen molar-refractivity contribution in [1.82, 2.24) is 0 Å². The van der Waals surface area contributed by atoms with Crippen LogP contribution in [-0.4, -0.2) is 0 Å². The van der Waals surface area contributed by atoms with E-state index >= 15 is 0 Å². The third kappa shape index (κ3) is 19.6. The van der Waals surface area contributed by atoms with E-state index in [1.807, 2.05) is 0 Å². The summed E-state index contributed by atoms with van der Waals surface area (Å²) in [5, 5.41) is 0. The molecule has 0 bridgehead atoms. The predicted octanol–water partition coefficient (Wildman–Crippen LogP) is -4.19. The van der Waals surface area contributed by atoms with Crippen LogP contribution >= 0.6 is 0 Å². The van der Waals surface area contributed by atoms with E-state index in [2.05, 4.69) is 13.8 Å². The molecule has 0 aliphatic rings. The molecule has 0 heterocycles. The molecule has 0 rings (SSSR count).